The van der Waals surface area contributed by atoms with Crippen LogP contribution in [0.1, 0.15) is 65.7 Å². The van der Waals surface area contributed by atoms with E-state index in [1.165, 1.54) is 32.1 Å². The van der Waals surface area contributed by atoms with Gasteiger partial charge in [0.25, 0.3) is 0 Å². The van der Waals surface area contributed by atoms with Crippen LogP contribution in [-0.2, 0) is 0 Å². The van der Waals surface area contributed by atoms with Gasteiger partial charge in [-0.25, -0.2) is 0 Å². The Morgan fingerprint density at radius 3 is 1.90 bits per heavy atom. The summed E-state index contributed by atoms with van der Waals surface area (Å²) in [5.41, 5.74) is 1.48. The zero-order chi connectivity index (χ0) is 20.7. The minimum absolute atomic E-state index is 0.510. The third-order valence-corrected chi connectivity index (χ3v) is 4.97. The van der Waals surface area contributed by atoms with E-state index in [1.54, 1.807) is 0 Å². The highest BCUT2D eigenvalue weighted by atomic mass is 16.5. The van der Waals surface area contributed by atoms with Gasteiger partial charge >= 0.3 is 0 Å². The van der Waals surface area contributed by atoms with Crippen LogP contribution >= 0.6 is 0 Å². The highest BCUT2D eigenvalue weighted by Crippen LogP contribution is 2.32. The summed E-state index contributed by atoms with van der Waals surface area (Å²) in [4.78, 5) is 0. The molecule has 29 heavy (non-hydrogen) atoms. The molecule has 2 aromatic carbocycles. The summed E-state index contributed by atoms with van der Waals surface area (Å²) in [6, 6.07) is 15.6. The fourth-order valence-electron chi connectivity index (χ4n) is 2.85. The first-order valence-corrected chi connectivity index (χ1v) is 11.1. The first-order chi connectivity index (χ1) is 14.2. The fourth-order valence-corrected chi connectivity index (χ4v) is 2.85. The van der Waals surface area contributed by atoms with Crippen LogP contribution in [0, 0.1) is 5.92 Å². The summed E-state index contributed by atoms with van der Waals surface area (Å²) in [5, 5.41) is 8.88. The molecule has 0 bridgehead atoms. The molecule has 4 nitrogen and oxygen atoms in total. The van der Waals surface area contributed by atoms with Crippen molar-refractivity contribution in [3.63, 3.8) is 0 Å². The molecular weight excluding hydrogens is 360 g/mol. The van der Waals surface area contributed by atoms with E-state index >= 15 is 0 Å². The molecule has 0 saturated carbocycles. The van der Waals surface area contributed by atoms with Gasteiger partial charge in [-0.3, -0.25) is 0 Å². The van der Waals surface area contributed by atoms with Crippen molar-refractivity contribution in [2.24, 2.45) is 16.1 Å². The molecule has 0 spiro atoms. The van der Waals surface area contributed by atoms with E-state index in [9.17, 15) is 0 Å². The number of benzene rings is 2. The van der Waals surface area contributed by atoms with Crippen molar-refractivity contribution < 1.29 is 9.47 Å². The third kappa shape index (κ3) is 8.68. The first kappa shape index (κ1) is 22.9. The minimum Gasteiger partial charge on any atom is -0.491 e. The van der Waals surface area contributed by atoms with E-state index in [-0.39, 0.29) is 0 Å². The van der Waals surface area contributed by atoms with Crippen LogP contribution in [-0.4, -0.2) is 13.2 Å². The highest BCUT2D eigenvalue weighted by Gasteiger charge is 2.06. The second kappa shape index (κ2) is 13.8. The summed E-state index contributed by atoms with van der Waals surface area (Å²) < 4.78 is 11.9. The van der Waals surface area contributed by atoms with Gasteiger partial charge in [-0.2, -0.15) is 0 Å². The third-order valence-electron chi connectivity index (χ3n) is 4.97. The Labute approximate surface area is 176 Å². The maximum absolute atomic E-state index is 5.97. The molecule has 0 aliphatic carbocycles. The van der Waals surface area contributed by atoms with Crippen molar-refractivity contribution in [3.8, 4) is 11.5 Å². The van der Waals surface area contributed by atoms with Crippen molar-refractivity contribution in [2.75, 3.05) is 13.2 Å². The number of ether oxygens (including phenoxy) is 2. The van der Waals surface area contributed by atoms with Gasteiger partial charge in [-0.15, -0.1) is 10.2 Å². The summed E-state index contributed by atoms with van der Waals surface area (Å²) in [6.07, 6.45) is 8.58. The summed E-state index contributed by atoms with van der Waals surface area (Å²) >= 11 is 0. The Hall–Kier alpha value is -2.36. The van der Waals surface area contributed by atoms with Crippen LogP contribution in [0.2, 0.25) is 0 Å². The molecule has 0 N–H and O–H groups in total. The monoisotopic (exact) mass is 396 g/mol. The van der Waals surface area contributed by atoms with Crippen molar-refractivity contribution >= 4 is 11.4 Å². The van der Waals surface area contributed by atoms with Crippen molar-refractivity contribution in [1.29, 1.82) is 0 Å². The van der Waals surface area contributed by atoms with Gasteiger partial charge in [0.1, 0.15) is 22.9 Å². The van der Waals surface area contributed by atoms with Gasteiger partial charge in [0.15, 0.2) is 0 Å². The molecule has 0 radical (unpaired) electrons. The van der Waals surface area contributed by atoms with Crippen molar-refractivity contribution in [2.45, 2.75) is 65.7 Å². The predicted octanol–water partition coefficient (Wildman–Crippen LogP) is 8.27. The summed E-state index contributed by atoms with van der Waals surface area (Å²) in [5.74, 6) is 2.06. The van der Waals surface area contributed by atoms with Gasteiger partial charge in [-0.1, -0.05) is 83.6 Å². The van der Waals surface area contributed by atoms with Crippen LogP contribution in [0.4, 0.5) is 11.4 Å². The van der Waals surface area contributed by atoms with Gasteiger partial charge < -0.3 is 9.47 Å². The number of azo groups is 1. The Morgan fingerprint density at radius 2 is 1.28 bits per heavy atom. The minimum atomic E-state index is 0.510. The topological polar surface area (TPSA) is 43.2 Å². The van der Waals surface area contributed by atoms with Crippen molar-refractivity contribution in [3.05, 3.63) is 48.5 Å². The van der Waals surface area contributed by atoms with Gasteiger partial charge in [0.05, 0.1) is 13.2 Å². The molecule has 0 heterocycles. The molecule has 2 rings (SSSR count). The van der Waals surface area contributed by atoms with Crippen molar-refractivity contribution in [1.82, 2.24) is 0 Å². The van der Waals surface area contributed by atoms with E-state index < -0.39 is 0 Å². The van der Waals surface area contributed by atoms with Crippen LogP contribution in [0.5, 0.6) is 11.5 Å². The van der Waals surface area contributed by atoms with Crippen LogP contribution in [0.3, 0.4) is 0 Å². The van der Waals surface area contributed by atoms with Gasteiger partial charge in [0, 0.05) is 0 Å². The highest BCUT2D eigenvalue weighted by molar-refractivity contribution is 5.54. The second-order valence-corrected chi connectivity index (χ2v) is 7.58. The quantitative estimate of drug-likeness (QED) is 0.238. The number of hydrogen-bond acceptors (Lipinski definition) is 4. The Kier molecular flexibility index (Phi) is 10.9. The largest absolute Gasteiger partial charge is 0.491 e. The maximum Gasteiger partial charge on any atom is 0.146 e. The zero-order valence-corrected chi connectivity index (χ0v) is 18.3. The Balaban J connectivity index is 1.94. The number of nitrogens with zero attached hydrogens (tertiary/aromatic N) is 2. The summed E-state index contributed by atoms with van der Waals surface area (Å²) in [7, 11) is 0. The molecular formula is C25H36N2O2. The lowest BCUT2D eigenvalue weighted by Gasteiger charge is -2.12. The molecule has 0 aromatic heterocycles. The number of hydrogen-bond donors (Lipinski definition) is 0. The van der Waals surface area contributed by atoms with Gasteiger partial charge in [-0.05, 0) is 36.6 Å². The van der Waals surface area contributed by atoms with E-state index in [4.69, 9.17) is 9.47 Å². The number of para-hydroxylation sites is 2. The lowest BCUT2D eigenvalue weighted by atomic mass is 10.1. The number of unbranched alkanes of at least 4 members (excludes halogenated alkanes) is 5. The maximum atomic E-state index is 5.97. The predicted molar refractivity (Wildman–Crippen MR) is 121 cm³/mol. The fraction of sp³-hybridized carbons (Fsp3) is 0.520. The lowest BCUT2D eigenvalue weighted by molar-refractivity contribution is 0.257. The van der Waals surface area contributed by atoms with E-state index in [2.05, 4.69) is 31.0 Å². The molecule has 2 aromatic rings. The molecule has 158 valence electrons. The Morgan fingerprint density at radius 1 is 0.724 bits per heavy atom. The van der Waals surface area contributed by atoms with E-state index in [1.807, 2.05) is 48.5 Å². The molecule has 0 aliphatic rings. The standard InChI is InChI=1S/C25H36N2O2/c1-4-6-7-8-9-14-19-28-24-17-12-10-15-22(24)26-27-23-16-11-13-18-25(23)29-20-21(3)5-2/h10-13,15-18,21H,4-9,14,19-20H2,1-3H3/t21-/m1/s1. The molecule has 0 saturated heterocycles. The molecule has 0 amide bonds. The van der Waals surface area contributed by atoms with Crippen LogP contribution < -0.4 is 9.47 Å². The molecule has 0 aliphatic heterocycles. The lowest BCUT2D eigenvalue weighted by Crippen LogP contribution is -2.07. The SMILES string of the molecule is CCCCCCCCOc1ccccc1N=Nc1ccccc1OC[C@H](C)CC. The second-order valence-electron chi connectivity index (χ2n) is 7.58. The van der Waals surface area contributed by atoms with Crippen LogP contribution in [0.25, 0.3) is 0 Å². The molecule has 0 unspecified atom stereocenters. The smallest absolute Gasteiger partial charge is 0.146 e. The molecule has 0 fully saturated rings. The average Bonchev–Trinajstić information content (AvgIpc) is 2.76. The molecule has 4 heteroatoms. The Bertz CT molecular complexity index is 730. The average molecular weight is 397 g/mol. The summed E-state index contributed by atoms with van der Waals surface area (Å²) in [6.45, 7) is 7.99. The van der Waals surface area contributed by atoms with E-state index in [0.29, 0.717) is 19.1 Å². The first-order valence-electron chi connectivity index (χ1n) is 11.1. The van der Waals surface area contributed by atoms with Gasteiger partial charge in [0.2, 0.25) is 0 Å². The molecule has 1 atom stereocenters. The normalized spacial score (nSPS) is 12.2. The number of rotatable bonds is 14. The zero-order valence-electron chi connectivity index (χ0n) is 18.3. The van der Waals surface area contributed by atoms with Crippen LogP contribution in [0.15, 0.2) is 58.8 Å². The van der Waals surface area contributed by atoms with E-state index in [0.717, 1.165) is 35.7 Å².